The van der Waals surface area contributed by atoms with Gasteiger partial charge in [-0.2, -0.15) is 5.10 Å². The predicted molar refractivity (Wildman–Crippen MR) is 91.5 cm³/mol. The third-order valence-electron chi connectivity index (χ3n) is 3.81. The molecule has 0 aliphatic carbocycles. The van der Waals surface area contributed by atoms with Crippen LogP contribution in [0, 0.1) is 11.6 Å². The summed E-state index contributed by atoms with van der Waals surface area (Å²) in [6.07, 6.45) is 1.39. The normalized spacial score (nSPS) is 12.0. The molecular weight excluding hydrogens is 326 g/mol. The molecule has 0 amide bonds. The van der Waals surface area contributed by atoms with Crippen LogP contribution in [0.5, 0.6) is 0 Å². The van der Waals surface area contributed by atoms with E-state index >= 15 is 0 Å². The highest BCUT2D eigenvalue weighted by Gasteiger charge is 2.13. The highest BCUT2D eigenvalue weighted by atomic mass is 19.1. The molecule has 0 saturated heterocycles. The molecule has 0 aliphatic heterocycles. The zero-order valence-corrected chi connectivity index (χ0v) is 13.1. The zero-order chi connectivity index (χ0) is 17.4. The first-order valence-electron chi connectivity index (χ1n) is 7.51. The van der Waals surface area contributed by atoms with Gasteiger partial charge < -0.3 is 4.42 Å². The number of rotatable bonds is 3. The van der Waals surface area contributed by atoms with Gasteiger partial charge in [-0.15, -0.1) is 0 Å². The number of hydrazone groups is 1. The molecule has 4 aromatic rings. The molecule has 1 N–H and O–H groups in total. The zero-order valence-electron chi connectivity index (χ0n) is 13.1. The van der Waals surface area contributed by atoms with E-state index in [-0.39, 0.29) is 11.3 Å². The van der Waals surface area contributed by atoms with E-state index in [2.05, 4.69) is 20.5 Å². The Kier molecular flexibility index (Phi) is 3.61. The summed E-state index contributed by atoms with van der Waals surface area (Å²) in [5, 5.41) is 4.96. The van der Waals surface area contributed by atoms with Crippen LogP contribution in [0.2, 0.25) is 0 Å². The lowest BCUT2D eigenvalue weighted by molar-refractivity contribution is 0.598. The summed E-state index contributed by atoms with van der Waals surface area (Å²) in [4.78, 5) is 8.35. The van der Waals surface area contributed by atoms with Gasteiger partial charge in [0.2, 0.25) is 0 Å². The van der Waals surface area contributed by atoms with E-state index in [1.54, 1.807) is 6.92 Å². The number of anilines is 1. The molecule has 2 aromatic carbocycles. The Morgan fingerprint density at radius 3 is 2.84 bits per heavy atom. The summed E-state index contributed by atoms with van der Waals surface area (Å²) in [6.45, 7) is 1.57. The Labute approximate surface area is 141 Å². The number of fused-ring (bicyclic) bond motifs is 3. The molecule has 0 bridgehead atoms. The van der Waals surface area contributed by atoms with Crippen LogP contribution in [0.4, 0.5) is 14.6 Å². The molecule has 7 heteroatoms. The van der Waals surface area contributed by atoms with Crippen LogP contribution in [0.15, 0.2) is 58.3 Å². The first-order chi connectivity index (χ1) is 12.1. The fourth-order valence-electron chi connectivity index (χ4n) is 2.57. The third-order valence-corrected chi connectivity index (χ3v) is 3.81. The van der Waals surface area contributed by atoms with E-state index in [1.807, 2.05) is 24.3 Å². The SMILES string of the molecule is C/C(=N/Nc1ncnc2c1oc1ccccc12)c1cc(F)ccc1F. The van der Waals surface area contributed by atoms with Crippen molar-refractivity contribution in [3.05, 3.63) is 66.0 Å². The number of nitrogens with zero attached hydrogens (tertiary/aromatic N) is 3. The number of aromatic nitrogens is 2. The van der Waals surface area contributed by atoms with Gasteiger partial charge in [-0.1, -0.05) is 12.1 Å². The molecule has 0 spiro atoms. The summed E-state index contributed by atoms with van der Waals surface area (Å²) in [7, 11) is 0. The van der Waals surface area contributed by atoms with Crippen LogP contribution in [0.1, 0.15) is 12.5 Å². The summed E-state index contributed by atoms with van der Waals surface area (Å²) < 4.78 is 32.9. The molecule has 5 nitrogen and oxygen atoms in total. The monoisotopic (exact) mass is 338 g/mol. The molecule has 0 radical (unpaired) electrons. The Morgan fingerprint density at radius 2 is 1.96 bits per heavy atom. The van der Waals surface area contributed by atoms with Crippen LogP contribution in [0.3, 0.4) is 0 Å². The lowest BCUT2D eigenvalue weighted by atomic mass is 10.1. The van der Waals surface area contributed by atoms with Gasteiger partial charge >= 0.3 is 0 Å². The average molecular weight is 338 g/mol. The van der Waals surface area contributed by atoms with E-state index in [0.717, 1.165) is 23.6 Å². The molecule has 4 rings (SSSR count). The minimum Gasteiger partial charge on any atom is -0.450 e. The fraction of sp³-hybridized carbons (Fsp3) is 0.0556. The second-order valence-electron chi connectivity index (χ2n) is 5.43. The van der Waals surface area contributed by atoms with Gasteiger partial charge in [0, 0.05) is 10.9 Å². The standard InChI is InChI=1S/C18H12F2N4O/c1-10(13-8-11(19)6-7-14(13)20)23-24-18-17-16(21-9-22-18)12-4-2-3-5-15(12)25-17/h2-9H,1H3,(H,21,22,24)/b23-10-. The third kappa shape index (κ3) is 2.69. The number of hydrogen-bond donors (Lipinski definition) is 1. The van der Waals surface area contributed by atoms with E-state index in [4.69, 9.17) is 4.42 Å². The van der Waals surface area contributed by atoms with Crippen molar-refractivity contribution in [1.82, 2.24) is 9.97 Å². The van der Waals surface area contributed by atoms with Gasteiger partial charge in [0.25, 0.3) is 0 Å². The van der Waals surface area contributed by atoms with E-state index in [1.165, 1.54) is 6.33 Å². The Bertz CT molecular complexity index is 1120. The number of furan rings is 1. The second kappa shape index (κ2) is 5.94. The average Bonchev–Trinajstić information content (AvgIpc) is 3.01. The molecule has 124 valence electrons. The van der Waals surface area contributed by atoms with Crippen LogP contribution < -0.4 is 5.43 Å². The van der Waals surface area contributed by atoms with Crippen molar-refractivity contribution < 1.29 is 13.2 Å². The minimum absolute atomic E-state index is 0.0717. The maximum Gasteiger partial charge on any atom is 0.197 e. The first kappa shape index (κ1) is 15.2. The van der Waals surface area contributed by atoms with E-state index in [9.17, 15) is 8.78 Å². The van der Waals surface area contributed by atoms with Crippen LogP contribution in [-0.2, 0) is 0 Å². The largest absolute Gasteiger partial charge is 0.450 e. The topological polar surface area (TPSA) is 63.3 Å². The number of hydrogen-bond acceptors (Lipinski definition) is 5. The molecule has 0 aliphatic rings. The summed E-state index contributed by atoms with van der Waals surface area (Å²) >= 11 is 0. The quantitative estimate of drug-likeness (QED) is 0.441. The van der Waals surface area contributed by atoms with Crippen LogP contribution in [0.25, 0.3) is 22.1 Å². The fourth-order valence-corrected chi connectivity index (χ4v) is 2.57. The van der Waals surface area contributed by atoms with Crippen LogP contribution in [-0.4, -0.2) is 15.7 Å². The van der Waals surface area contributed by atoms with E-state index < -0.39 is 11.6 Å². The van der Waals surface area contributed by atoms with Gasteiger partial charge in [-0.05, 0) is 37.3 Å². The van der Waals surface area contributed by atoms with Crippen molar-refractivity contribution in [3.8, 4) is 0 Å². The van der Waals surface area contributed by atoms with Gasteiger partial charge in [-0.25, -0.2) is 18.7 Å². The molecule has 2 aromatic heterocycles. The predicted octanol–water partition coefficient (Wildman–Crippen LogP) is 4.49. The Morgan fingerprint density at radius 1 is 1.12 bits per heavy atom. The molecule has 0 saturated carbocycles. The highest BCUT2D eigenvalue weighted by molar-refractivity contribution is 6.05. The number of benzene rings is 2. The Hall–Kier alpha value is -3.35. The minimum atomic E-state index is -0.555. The lowest BCUT2D eigenvalue weighted by Gasteiger charge is -2.04. The van der Waals surface area contributed by atoms with Gasteiger partial charge in [0.05, 0.1) is 5.71 Å². The number of nitrogens with one attached hydrogen (secondary N) is 1. The van der Waals surface area contributed by atoms with Gasteiger partial charge in [0.15, 0.2) is 11.4 Å². The number of halogens is 2. The molecule has 0 atom stereocenters. The van der Waals surface area contributed by atoms with Crippen molar-refractivity contribution in [2.75, 3.05) is 5.43 Å². The maximum absolute atomic E-state index is 13.8. The summed E-state index contributed by atoms with van der Waals surface area (Å²) in [5.41, 5.74) is 4.87. The molecule has 2 heterocycles. The smallest absolute Gasteiger partial charge is 0.197 e. The molecule has 0 fully saturated rings. The summed E-state index contributed by atoms with van der Waals surface area (Å²) in [6, 6.07) is 10.7. The first-order valence-corrected chi connectivity index (χ1v) is 7.51. The highest BCUT2D eigenvalue weighted by Crippen LogP contribution is 2.30. The van der Waals surface area contributed by atoms with Crippen molar-refractivity contribution in [2.24, 2.45) is 5.10 Å². The lowest BCUT2D eigenvalue weighted by Crippen LogP contribution is -2.04. The van der Waals surface area contributed by atoms with Crippen molar-refractivity contribution >= 4 is 33.6 Å². The molecule has 0 unspecified atom stereocenters. The van der Waals surface area contributed by atoms with Crippen LogP contribution >= 0.6 is 0 Å². The molecular formula is C18H12F2N4O. The molecule has 25 heavy (non-hydrogen) atoms. The summed E-state index contributed by atoms with van der Waals surface area (Å²) in [5.74, 6) is -0.744. The van der Waals surface area contributed by atoms with Crippen molar-refractivity contribution in [2.45, 2.75) is 6.92 Å². The van der Waals surface area contributed by atoms with Crippen molar-refractivity contribution in [1.29, 1.82) is 0 Å². The second-order valence-corrected chi connectivity index (χ2v) is 5.43. The van der Waals surface area contributed by atoms with E-state index in [0.29, 0.717) is 22.5 Å². The number of para-hydroxylation sites is 1. The van der Waals surface area contributed by atoms with Gasteiger partial charge in [-0.3, -0.25) is 5.43 Å². The van der Waals surface area contributed by atoms with Gasteiger partial charge in [0.1, 0.15) is 29.1 Å². The van der Waals surface area contributed by atoms with Crippen molar-refractivity contribution in [3.63, 3.8) is 0 Å². The Balaban J connectivity index is 1.74. The maximum atomic E-state index is 13.8.